The van der Waals surface area contributed by atoms with E-state index in [1.165, 1.54) is 0 Å². The summed E-state index contributed by atoms with van der Waals surface area (Å²) in [4.78, 5) is 11.0. The maximum atomic E-state index is 11.0. The van der Waals surface area contributed by atoms with E-state index < -0.39 is 0 Å². The standard InChI is InChI=1S/C15H18N2O3/c1-10-14(9-18)11(2)17(16-10)8-12-7-13(19-3)5-6-15(12)20-4/h5-7,9H,8H2,1-4H3. The summed E-state index contributed by atoms with van der Waals surface area (Å²) < 4.78 is 12.4. The molecule has 20 heavy (non-hydrogen) atoms. The smallest absolute Gasteiger partial charge is 0.153 e. The van der Waals surface area contributed by atoms with Gasteiger partial charge in [-0.1, -0.05) is 0 Å². The van der Waals surface area contributed by atoms with Gasteiger partial charge in [0.05, 0.1) is 32.0 Å². The number of aldehydes is 1. The van der Waals surface area contributed by atoms with Gasteiger partial charge in [0.2, 0.25) is 0 Å². The van der Waals surface area contributed by atoms with E-state index in [4.69, 9.17) is 9.47 Å². The first-order valence-electron chi connectivity index (χ1n) is 6.30. The zero-order valence-electron chi connectivity index (χ0n) is 12.1. The zero-order valence-corrected chi connectivity index (χ0v) is 12.1. The molecule has 5 nitrogen and oxygen atoms in total. The van der Waals surface area contributed by atoms with Crippen molar-refractivity contribution in [3.8, 4) is 11.5 Å². The summed E-state index contributed by atoms with van der Waals surface area (Å²) in [5.41, 5.74) is 3.18. The lowest BCUT2D eigenvalue weighted by Crippen LogP contribution is -2.06. The van der Waals surface area contributed by atoms with E-state index in [0.717, 1.165) is 34.7 Å². The highest BCUT2D eigenvalue weighted by atomic mass is 16.5. The second-order valence-electron chi connectivity index (χ2n) is 4.54. The van der Waals surface area contributed by atoms with E-state index in [0.29, 0.717) is 12.1 Å². The molecule has 0 atom stereocenters. The van der Waals surface area contributed by atoms with Gasteiger partial charge >= 0.3 is 0 Å². The van der Waals surface area contributed by atoms with Crippen molar-refractivity contribution in [2.75, 3.05) is 14.2 Å². The molecule has 0 spiro atoms. The van der Waals surface area contributed by atoms with Gasteiger partial charge in [-0.25, -0.2) is 0 Å². The van der Waals surface area contributed by atoms with E-state index in [2.05, 4.69) is 5.10 Å². The molecule has 0 bridgehead atoms. The molecule has 1 heterocycles. The van der Waals surface area contributed by atoms with Gasteiger partial charge in [0, 0.05) is 11.3 Å². The first kappa shape index (κ1) is 14.1. The van der Waals surface area contributed by atoms with Gasteiger partial charge in [-0.3, -0.25) is 9.48 Å². The zero-order chi connectivity index (χ0) is 14.7. The molecular formula is C15H18N2O3. The van der Waals surface area contributed by atoms with E-state index >= 15 is 0 Å². The summed E-state index contributed by atoms with van der Waals surface area (Å²) in [6, 6.07) is 5.62. The third-order valence-corrected chi connectivity index (χ3v) is 3.36. The number of carbonyl (C=O) groups is 1. The van der Waals surface area contributed by atoms with Gasteiger partial charge in [0.1, 0.15) is 11.5 Å². The van der Waals surface area contributed by atoms with Crippen LogP contribution in [0.1, 0.15) is 27.3 Å². The fraction of sp³-hybridized carbons (Fsp3) is 0.333. The average Bonchev–Trinajstić information content (AvgIpc) is 2.72. The molecule has 5 heteroatoms. The number of hydrogen-bond donors (Lipinski definition) is 0. The number of benzene rings is 1. The molecular weight excluding hydrogens is 256 g/mol. The largest absolute Gasteiger partial charge is 0.497 e. The first-order valence-corrected chi connectivity index (χ1v) is 6.30. The van der Waals surface area contributed by atoms with Crippen LogP contribution in [0.3, 0.4) is 0 Å². The molecule has 0 unspecified atom stereocenters. The number of hydrogen-bond acceptors (Lipinski definition) is 4. The topological polar surface area (TPSA) is 53.4 Å². The lowest BCUT2D eigenvalue weighted by molar-refractivity contribution is 0.112. The van der Waals surface area contributed by atoms with E-state index in [1.807, 2.05) is 32.0 Å². The minimum Gasteiger partial charge on any atom is -0.497 e. The highest BCUT2D eigenvalue weighted by Gasteiger charge is 2.13. The Morgan fingerprint density at radius 1 is 1.25 bits per heavy atom. The molecule has 0 saturated heterocycles. The minimum absolute atomic E-state index is 0.529. The minimum atomic E-state index is 0.529. The Labute approximate surface area is 118 Å². The quantitative estimate of drug-likeness (QED) is 0.785. The van der Waals surface area contributed by atoms with Crippen LogP contribution in [0.4, 0.5) is 0 Å². The van der Waals surface area contributed by atoms with Crippen molar-refractivity contribution in [3.05, 3.63) is 40.7 Å². The number of rotatable bonds is 5. The molecule has 106 valence electrons. The van der Waals surface area contributed by atoms with Crippen LogP contribution in [0.5, 0.6) is 11.5 Å². The van der Waals surface area contributed by atoms with Crippen molar-refractivity contribution in [2.45, 2.75) is 20.4 Å². The first-order chi connectivity index (χ1) is 9.60. The van der Waals surface area contributed by atoms with Crippen LogP contribution in [0.15, 0.2) is 18.2 Å². The van der Waals surface area contributed by atoms with Gasteiger partial charge < -0.3 is 9.47 Å². The van der Waals surface area contributed by atoms with Gasteiger partial charge in [-0.05, 0) is 32.0 Å². The highest BCUT2D eigenvalue weighted by molar-refractivity contribution is 5.78. The molecule has 0 radical (unpaired) electrons. The molecule has 0 aliphatic carbocycles. The molecule has 0 aliphatic heterocycles. The van der Waals surface area contributed by atoms with Crippen molar-refractivity contribution in [2.24, 2.45) is 0 Å². The third-order valence-electron chi connectivity index (χ3n) is 3.36. The summed E-state index contributed by atoms with van der Waals surface area (Å²) >= 11 is 0. The Morgan fingerprint density at radius 3 is 2.55 bits per heavy atom. The third kappa shape index (κ3) is 2.52. The summed E-state index contributed by atoms with van der Waals surface area (Å²) in [5.74, 6) is 1.53. The normalized spacial score (nSPS) is 10.4. The maximum Gasteiger partial charge on any atom is 0.153 e. The molecule has 2 aromatic rings. The molecule has 0 aliphatic rings. The SMILES string of the molecule is COc1ccc(OC)c(Cn2nc(C)c(C=O)c2C)c1. The van der Waals surface area contributed by atoms with Crippen LogP contribution in [0.25, 0.3) is 0 Å². The van der Waals surface area contributed by atoms with Crippen molar-refractivity contribution in [1.29, 1.82) is 0 Å². The maximum absolute atomic E-state index is 11.0. The lowest BCUT2D eigenvalue weighted by atomic mass is 10.1. The number of nitrogens with zero attached hydrogens (tertiary/aromatic N) is 2. The fourth-order valence-corrected chi connectivity index (χ4v) is 2.20. The monoisotopic (exact) mass is 274 g/mol. The Kier molecular flexibility index (Phi) is 4.08. The summed E-state index contributed by atoms with van der Waals surface area (Å²) in [7, 11) is 3.25. The van der Waals surface area contributed by atoms with Crippen LogP contribution < -0.4 is 9.47 Å². The van der Waals surface area contributed by atoms with Crippen molar-refractivity contribution < 1.29 is 14.3 Å². The molecule has 0 amide bonds. The Bertz CT molecular complexity index is 632. The van der Waals surface area contributed by atoms with Crippen LogP contribution in [0, 0.1) is 13.8 Å². The Morgan fingerprint density at radius 2 is 2.00 bits per heavy atom. The van der Waals surface area contributed by atoms with Crippen LogP contribution in [0.2, 0.25) is 0 Å². The number of carbonyl (C=O) groups excluding carboxylic acids is 1. The van der Waals surface area contributed by atoms with Gasteiger partial charge in [0.25, 0.3) is 0 Å². The van der Waals surface area contributed by atoms with Crippen LogP contribution in [-0.4, -0.2) is 30.3 Å². The van der Waals surface area contributed by atoms with E-state index in [1.54, 1.807) is 18.9 Å². The van der Waals surface area contributed by atoms with Crippen molar-refractivity contribution in [1.82, 2.24) is 9.78 Å². The Hall–Kier alpha value is -2.30. The second-order valence-corrected chi connectivity index (χ2v) is 4.54. The number of methoxy groups -OCH3 is 2. The summed E-state index contributed by atoms with van der Waals surface area (Å²) in [6.07, 6.45) is 0.844. The summed E-state index contributed by atoms with van der Waals surface area (Å²) in [5, 5.41) is 4.40. The highest BCUT2D eigenvalue weighted by Crippen LogP contribution is 2.25. The van der Waals surface area contributed by atoms with E-state index in [-0.39, 0.29) is 0 Å². The average molecular weight is 274 g/mol. The van der Waals surface area contributed by atoms with Crippen LogP contribution in [-0.2, 0) is 6.54 Å². The van der Waals surface area contributed by atoms with Gasteiger partial charge in [-0.2, -0.15) is 5.10 Å². The number of aryl methyl sites for hydroxylation is 1. The van der Waals surface area contributed by atoms with Crippen molar-refractivity contribution >= 4 is 6.29 Å². The number of aromatic nitrogens is 2. The molecule has 2 rings (SSSR count). The van der Waals surface area contributed by atoms with Crippen LogP contribution >= 0.6 is 0 Å². The van der Waals surface area contributed by atoms with Crippen molar-refractivity contribution in [3.63, 3.8) is 0 Å². The van der Waals surface area contributed by atoms with Gasteiger partial charge in [0.15, 0.2) is 6.29 Å². The molecule has 1 aromatic heterocycles. The molecule has 0 N–H and O–H groups in total. The summed E-state index contributed by atoms with van der Waals surface area (Å²) in [6.45, 7) is 4.24. The predicted octanol–water partition coefficient (Wildman–Crippen LogP) is 2.38. The Balaban J connectivity index is 2.41. The second kappa shape index (κ2) is 5.77. The fourth-order valence-electron chi connectivity index (χ4n) is 2.20. The molecule has 1 aromatic carbocycles. The van der Waals surface area contributed by atoms with E-state index in [9.17, 15) is 4.79 Å². The molecule has 0 saturated carbocycles. The predicted molar refractivity (Wildman–Crippen MR) is 75.7 cm³/mol. The number of ether oxygens (including phenoxy) is 2. The van der Waals surface area contributed by atoms with Gasteiger partial charge in [-0.15, -0.1) is 0 Å². The molecule has 0 fully saturated rings. The lowest BCUT2D eigenvalue weighted by Gasteiger charge is -2.11.